The van der Waals surface area contributed by atoms with Gasteiger partial charge in [0.15, 0.2) is 6.61 Å². The van der Waals surface area contributed by atoms with Crippen LogP contribution in [0, 0.1) is 5.82 Å². The van der Waals surface area contributed by atoms with E-state index in [1.807, 2.05) is 0 Å². The molecule has 0 spiro atoms. The maximum Gasteiger partial charge on any atom is 0.255 e. The highest BCUT2D eigenvalue weighted by atomic mass is 19.1. The molecule has 3 amide bonds. The molecule has 0 aliphatic heterocycles. The standard InChI is InChI=1S/C16H14FN3O4/c17-13-5-4-10(7-12(13)15(19)22)20-16(23)9-2-1-3-11(6-9)24-8-14(18)21/h1-7H,8H2,(H2,18,21)(H2,19,22)(H,20,23). The summed E-state index contributed by atoms with van der Waals surface area (Å²) in [6.07, 6.45) is 0. The minimum absolute atomic E-state index is 0.207. The maximum atomic E-state index is 13.4. The van der Waals surface area contributed by atoms with Gasteiger partial charge in [-0.25, -0.2) is 4.39 Å². The number of nitrogens with two attached hydrogens (primary N) is 2. The van der Waals surface area contributed by atoms with E-state index in [0.717, 1.165) is 12.1 Å². The molecule has 2 aromatic carbocycles. The number of carbonyl (C=O) groups excluding carboxylic acids is 3. The number of ether oxygens (including phenoxy) is 1. The lowest BCUT2D eigenvalue weighted by molar-refractivity contribution is -0.119. The first kappa shape index (κ1) is 16.9. The molecule has 7 nitrogen and oxygen atoms in total. The van der Waals surface area contributed by atoms with Gasteiger partial charge in [-0.05, 0) is 36.4 Å². The Bertz CT molecular complexity index is 808. The Morgan fingerprint density at radius 2 is 1.83 bits per heavy atom. The van der Waals surface area contributed by atoms with Crippen LogP contribution >= 0.6 is 0 Å². The van der Waals surface area contributed by atoms with E-state index < -0.39 is 23.5 Å². The van der Waals surface area contributed by atoms with Gasteiger partial charge in [0.1, 0.15) is 11.6 Å². The average Bonchev–Trinajstić information content (AvgIpc) is 2.54. The normalized spacial score (nSPS) is 10.0. The molecule has 0 atom stereocenters. The number of hydrogen-bond donors (Lipinski definition) is 3. The van der Waals surface area contributed by atoms with Gasteiger partial charge in [0.25, 0.3) is 17.7 Å². The number of amides is 3. The van der Waals surface area contributed by atoms with Gasteiger partial charge < -0.3 is 21.5 Å². The van der Waals surface area contributed by atoms with Gasteiger partial charge in [0, 0.05) is 11.3 Å². The number of carbonyl (C=O) groups is 3. The number of nitrogens with one attached hydrogen (secondary N) is 1. The molecule has 0 saturated heterocycles. The quantitative estimate of drug-likeness (QED) is 0.731. The Hall–Kier alpha value is -3.42. The van der Waals surface area contributed by atoms with Gasteiger partial charge in [-0.15, -0.1) is 0 Å². The number of halogens is 1. The van der Waals surface area contributed by atoms with Crippen molar-refractivity contribution in [3.05, 3.63) is 59.4 Å². The summed E-state index contributed by atoms with van der Waals surface area (Å²) in [4.78, 5) is 34.0. The SMILES string of the molecule is NC(=O)COc1cccc(C(=O)Nc2ccc(F)c(C(N)=O)c2)c1. The number of anilines is 1. The van der Waals surface area contributed by atoms with Crippen molar-refractivity contribution in [2.24, 2.45) is 11.5 Å². The summed E-state index contributed by atoms with van der Waals surface area (Å²) in [7, 11) is 0. The van der Waals surface area contributed by atoms with Crippen LogP contribution in [0.1, 0.15) is 20.7 Å². The Balaban J connectivity index is 2.15. The Morgan fingerprint density at radius 3 is 2.50 bits per heavy atom. The van der Waals surface area contributed by atoms with Crippen molar-refractivity contribution in [2.45, 2.75) is 0 Å². The molecule has 24 heavy (non-hydrogen) atoms. The Morgan fingerprint density at radius 1 is 1.08 bits per heavy atom. The van der Waals surface area contributed by atoms with Crippen LogP contribution in [0.25, 0.3) is 0 Å². The minimum Gasteiger partial charge on any atom is -0.484 e. The third-order valence-electron chi connectivity index (χ3n) is 2.97. The molecular weight excluding hydrogens is 317 g/mol. The number of hydrogen-bond acceptors (Lipinski definition) is 4. The van der Waals surface area contributed by atoms with Crippen LogP contribution in [0.15, 0.2) is 42.5 Å². The van der Waals surface area contributed by atoms with Crippen molar-refractivity contribution >= 4 is 23.4 Å². The number of rotatable bonds is 6. The molecule has 2 rings (SSSR count). The third kappa shape index (κ3) is 4.29. The molecule has 0 aromatic heterocycles. The van der Waals surface area contributed by atoms with E-state index >= 15 is 0 Å². The van der Waals surface area contributed by atoms with E-state index in [0.29, 0.717) is 5.75 Å². The first-order valence-electron chi connectivity index (χ1n) is 6.78. The van der Waals surface area contributed by atoms with E-state index in [-0.39, 0.29) is 23.4 Å². The lowest BCUT2D eigenvalue weighted by Gasteiger charge is -2.09. The van der Waals surface area contributed by atoms with Crippen molar-refractivity contribution < 1.29 is 23.5 Å². The lowest BCUT2D eigenvalue weighted by atomic mass is 10.1. The first-order valence-corrected chi connectivity index (χ1v) is 6.78. The zero-order valence-corrected chi connectivity index (χ0v) is 12.4. The molecule has 0 bridgehead atoms. The Kier molecular flexibility index (Phi) is 5.10. The molecular formula is C16H14FN3O4. The second-order valence-corrected chi connectivity index (χ2v) is 4.80. The molecule has 8 heteroatoms. The molecule has 0 aliphatic carbocycles. The summed E-state index contributed by atoms with van der Waals surface area (Å²) in [5.74, 6) is -2.58. The highest BCUT2D eigenvalue weighted by molar-refractivity contribution is 6.05. The summed E-state index contributed by atoms with van der Waals surface area (Å²) in [6.45, 7) is -0.314. The summed E-state index contributed by atoms with van der Waals surface area (Å²) in [6, 6.07) is 9.52. The fraction of sp³-hybridized carbons (Fsp3) is 0.0625. The summed E-state index contributed by atoms with van der Waals surface area (Å²) >= 11 is 0. The number of benzene rings is 2. The van der Waals surface area contributed by atoms with Gasteiger partial charge in [0.05, 0.1) is 5.56 Å². The van der Waals surface area contributed by atoms with Crippen molar-refractivity contribution in [3.63, 3.8) is 0 Å². The van der Waals surface area contributed by atoms with Crippen molar-refractivity contribution in [3.8, 4) is 5.75 Å². The predicted octanol–water partition coefficient (Wildman–Crippen LogP) is 1.04. The minimum atomic E-state index is -0.939. The monoisotopic (exact) mass is 331 g/mol. The van der Waals surface area contributed by atoms with Crippen LogP contribution in [0.5, 0.6) is 5.75 Å². The molecule has 0 aliphatic rings. The number of primary amides is 2. The Labute approximate surface area is 136 Å². The molecule has 0 saturated carbocycles. The molecule has 5 N–H and O–H groups in total. The fourth-order valence-electron chi connectivity index (χ4n) is 1.88. The second-order valence-electron chi connectivity index (χ2n) is 4.80. The third-order valence-corrected chi connectivity index (χ3v) is 2.97. The van der Waals surface area contributed by atoms with Crippen molar-refractivity contribution in [1.82, 2.24) is 0 Å². The average molecular weight is 331 g/mol. The van der Waals surface area contributed by atoms with Crippen LogP contribution in [0.3, 0.4) is 0 Å². The van der Waals surface area contributed by atoms with Gasteiger partial charge in [-0.3, -0.25) is 14.4 Å². The smallest absolute Gasteiger partial charge is 0.255 e. The highest BCUT2D eigenvalue weighted by Crippen LogP contribution is 2.17. The van der Waals surface area contributed by atoms with Gasteiger partial charge in [-0.2, -0.15) is 0 Å². The molecule has 124 valence electrons. The van der Waals surface area contributed by atoms with E-state index in [1.165, 1.54) is 18.2 Å². The molecule has 0 unspecified atom stereocenters. The van der Waals surface area contributed by atoms with Gasteiger partial charge in [-0.1, -0.05) is 6.07 Å². The van der Waals surface area contributed by atoms with Crippen LogP contribution in [0.2, 0.25) is 0 Å². The molecule has 0 fully saturated rings. The molecule has 0 radical (unpaired) electrons. The lowest BCUT2D eigenvalue weighted by Crippen LogP contribution is -2.20. The molecule has 2 aromatic rings. The van der Waals surface area contributed by atoms with E-state index in [4.69, 9.17) is 16.2 Å². The summed E-state index contributed by atoms with van der Waals surface area (Å²) in [5.41, 5.74) is 10.2. The zero-order valence-electron chi connectivity index (χ0n) is 12.4. The van der Waals surface area contributed by atoms with E-state index in [1.54, 1.807) is 12.1 Å². The summed E-state index contributed by atoms with van der Waals surface area (Å²) in [5, 5.41) is 2.51. The first-order chi connectivity index (χ1) is 11.4. The van der Waals surface area contributed by atoms with Crippen molar-refractivity contribution in [1.29, 1.82) is 0 Å². The van der Waals surface area contributed by atoms with E-state index in [9.17, 15) is 18.8 Å². The van der Waals surface area contributed by atoms with Crippen LogP contribution < -0.4 is 21.5 Å². The largest absolute Gasteiger partial charge is 0.484 e. The van der Waals surface area contributed by atoms with Crippen LogP contribution in [-0.2, 0) is 4.79 Å². The second kappa shape index (κ2) is 7.23. The maximum absolute atomic E-state index is 13.4. The van der Waals surface area contributed by atoms with E-state index in [2.05, 4.69) is 5.32 Å². The highest BCUT2D eigenvalue weighted by Gasteiger charge is 2.12. The predicted molar refractivity (Wildman–Crippen MR) is 84.0 cm³/mol. The van der Waals surface area contributed by atoms with Gasteiger partial charge in [0.2, 0.25) is 0 Å². The van der Waals surface area contributed by atoms with Gasteiger partial charge >= 0.3 is 0 Å². The molecule has 0 heterocycles. The topological polar surface area (TPSA) is 125 Å². The zero-order chi connectivity index (χ0) is 17.7. The summed E-state index contributed by atoms with van der Waals surface area (Å²) < 4.78 is 18.5. The van der Waals surface area contributed by atoms with Crippen molar-refractivity contribution in [2.75, 3.05) is 11.9 Å². The van der Waals surface area contributed by atoms with Crippen LogP contribution in [-0.4, -0.2) is 24.3 Å². The fourth-order valence-corrected chi connectivity index (χ4v) is 1.88. The van der Waals surface area contributed by atoms with Crippen LogP contribution in [0.4, 0.5) is 10.1 Å².